The average molecular weight is 305 g/mol. The first kappa shape index (κ1) is 15.3. The van der Waals surface area contributed by atoms with E-state index >= 15 is 0 Å². The Balaban J connectivity index is 2.17. The highest BCUT2D eigenvalue weighted by Gasteiger charge is 2.29. The predicted molar refractivity (Wildman–Crippen MR) is 78.3 cm³/mol. The number of nitrogens with one attached hydrogen (secondary N) is 1. The third kappa shape index (κ3) is 3.95. The van der Waals surface area contributed by atoms with Gasteiger partial charge in [0.15, 0.2) is 0 Å². The number of aryl methyl sites for hydroxylation is 1. The molecule has 1 aromatic heterocycles. The van der Waals surface area contributed by atoms with E-state index in [1.807, 2.05) is 0 Å². The Morgan fingerprint density at radius 3 is 2.76 bits per heavy atom. The van der Waals surface area contributed by atoms with Gasteiger partial charge in [0.05, 0.1) is 18.0 Å². The fraction of sp³-hybridized carbons (Fsp3) is 0.429. The number of carbonyl (C=O) groups excluding carboxylic acids is 1. The first-order valence-corrected chi connectivity index (χ1v) is 7.46. The van der Waals surface area contributed by atoms with Gasteiger partial charge in [-0.25, -0.2) is 14.8 Å². The van der Waals surface area contributed by atoms with E-state index in [2.05, 4.69) is 21.2 Å². The van der Waals surface area contributed by atoms with Gasteiger partial charge in [0, 0.05) is 5.92 Å². The van der Waals surface area contributed by atoms with E-state index in [1.54, 1.807) is 6.92 Å². The standard InChI is InChI=1S/C14H15N3O3S/c1-3-6-15-10(18)7-21-13-11(14(19)20)8(2)16-12(17-13)9-4-5-9/h1,9H,4-7H2,2H3,(H,15,18)(H,19,20). The Morgan fingerprint density at radius 1 is 1.48 bits per heavy atom. The van der Waals surface area contributed by atoms with Crippen LogP contribution in [0.4, 0.5) is 0 Å². The lowest BCUT2D eigenvalue weighted by molar-refractivity contribution is -0.118. The molecule has 7 heteroatoms. The molecular formula is C14H15N3O3S. The van der Waals surface area contributed by atoms with Crippen LogP contribution in [0.1, 0.15) is 40.6 Å². The van der Waals surface area contributed by atoms with Crippen molar-refractivity contribution < 1.29 is 14.7 Å². The number of carboxylic acids is 1. The molecule has 1 aliphatic carbocycles. The Morgan fingerprint density at radius 2 is 2.19 bits per heavy atom. The minimum absolute atomic E-state index is 0.0640. The maximum absolute atomic E-state index is 11.6. The van der Waals surface area contributed by atoms with Crippen molar-refractivity contribution in [2.75, 3.05) is 12.3 Å². The molecule has 21 heavy (non-hydrogen) atoms. The highest BCUT2D eigenvalue weighted by Crippen LogP contribution is 2.39. The SMILES string of the molecule is C#CCNC(=O)CSc1nc(C2CC2)nc(C)c1C(=O)O. The lowest BCUT2D eigenvalue weighted by Gasteiger charge is -2.09. The number of aromatic nitrogens is 2. The molecule has 0 saturated heterocycles. The van der Waals surface area contributed by atoms with Crippen LogP contribution in [0.15, 0.2) is 5.03 Å². The van der Waals surface area contributed by atoms with Crippen molar-refractivity contribution in [1.82, 2.24) is 15.3 Å². The summed E-state index contributed by atoms with van der Waals surface area (Å²) in [6.07, 6.45) is 7.11. The van der Waals surface area contributed by atoms with E-state index in [1.165, 1.54) is 0 Å². The lowest BCUT2D eigenvalue weighted by Crippen LogP contribution is -2.25. The zero-order valence-electron chi connectivity index (χ0n) is 11.5. The largest absolute Gasteiger partial charge is 0.478 e. The molecule has 1 fully saturated rings. The molecule has 0 aliphatic heterocycles. The van der Waals surface area contributed by atoms with Crippen molar-refractivity contribution in [1.29, 1.82) is 0 Å². The van der Waals surface area contributed by atoms with E-state index in [0.717, 1.165) is 24.6 Å². The smallest absolute Gasteiger partial charge is 0.340 e. The summed E-state index contributed by atoms with van der Waals surface area (Å²) in [6.45, 7) is 1.81. The Labute approximate surface area is 126 Å². The quantitative estimate of drug-likeness (QED) is 0.466. The van der Waals surface area contributed by atoms with E-state index in [0.29, 0.717) is 22.5 Å². The molecule has 0 unspecified atom stereocenters. The fourth-order valence-corrected chi connectivity index (χ4v) is 2.68. The molecule has 0 atom stereocenters. The molecule has 1 amide bonds. The summed E-state index contributed by atoms with van der Waals surface area (Å²) in [6, 6.07) is 0. The zero-order valence-corrected chi connectivity index (χ0v) is 12.4. The van der Waals surface area contributed by atoms with Crippen LogP contribution in [0.3, 0.4) is 0 Å². The molecule has 0 spiro atoms. The molecule has 0 aromatic carbocycles. The van der Waals surface area contributed by atoms with Crippen molar-refractivity contribution in [2.45, 2.75) is 30.7 Å². The lowest BCUT2D eigenvalue weighted by atomic mass is 10.2. The first-order chi connectivity index (χ1) is 10.0. The van der Waals surface area contributed by atoms with Gasteiger partial charge >= 0.3 is 5.97 Å². The van der Waals surface area contributed by atoms with Crippen LogP contribution in [-0.2, 0) is 4.79 Å². The van der Waals surface area contributed by atoms with Crippen LogP contribution in [0, 0.1) is 19.3 Å². The molecule has 1 heterocycles. The average Bonchev–Trinajstić information content (AvgIpc) is 3.26. The van der Waals surface area contributed by atoms with Crippen molar-refractivity contribution >= 4 is 23.6 Å². The van der Waals surface area contributed by atoms with Gasteiger partial charge in [0.2, 0.25) is 5.91 Å². The summed E-state index contributed by atoms with van der Waals surface area (Å²) < 4.78 is 0. The summed E-state index contributed by atoms with van der Waals surface area (Å²) in [5.41, 5.74) is 0.500. The van der Waals surface area contributed by atoms with Gasteiger partial charge < -0.3 is 10.4 Å². The second kappa shape index (κ2) is 6.59. The molecule has 110 valence electrons. The van der Waals surface area contributed by atoms with E-state index in [9.17, 15) is 14.7 Å². The van der Waals surface area contributed by atoms with Gasteiger partial charge in [-0.1, -0.05) is 17.7 Å². The maximum Gasteiger partial charge on any atom is 0.340 e. The maximum atomic E-state index is 11.6. The van der Waals surface area contributed by atoms with Crippen LogP contribution in [-0.4, -0.2) is 39.2 Å². The third-order valence-electron chi connectivity index (χ3n) is 2.96. The molecule has 2 rings (SSSR count). The van der Waals surface area contributed by atoms with Gasteiger partial charge in [-0.15, -0.1) is 6.42 Å². The number of hydrogen-bond donors (Lipinski definition) is 2. The van der Waals surface area contributed by atoms with Crippen LogP contribution in [0.2, 0.25) is 0 Å². The first-order valence-electron chi connectivity index (χ1n) is 6.47. The minimum atomic E-state index is -1.08. The second-order valence-electron chi connectivity index (χ2n) is 4.70. The molecule has 0 radical (unpaired) electrons. The van der Waals surface area contributed by atoms with Crippen LogP contribution < -0.4 is 5.32 Å². The number of carboxylic acid groups (broad SMARTS) is 1. The summed E-state index contributed by atoms with van der Waals surface area (Å²) in [5.74, 6) is 2.04. The normalized spacial score (nSPS) is 13.5. The number of hydrogen-bond acceptors (Lipinski definition) is 5. The Bertz CT molecular complexity index is 621. The number of carbonyl (C=O) groups is 2. The Kier molecular flexibility index (Phi) is 4.81. The molecule has 1 saturated carbocycles. The summed E-state index contributed by atoms with van der Waals surface area (Å²) in [4.78, 5) is 31.5. The minimum Gasteiger partial charge on any atom is -0.478 e. The number of terminal acetylenes is 1. The molecule has 0 bridgehead atoms. The van der Waals surface area contributed by atoms with Gasteiger partial charge in [-0.05, 0) is 19.8 Å². The van der Waals surface area contributed by atoms with E-state index in [4.69, 9.17) is 6.42 Å². The highest BCUT2D eigenvalue weighted by molar-refractivity contribution is 8.00. The molecular weight excluding hydrogens is 290 g/mol. The molecule has 1 aromatic rings. The predicted octanol–water partition coefficient (Wildman–Crippen LogP) is 1.20. The Hall–Kier alpha value is -2.07. The highest BCUT2D eigenvalue weighted by atomic mass is 32.2. The van der Waals surface area contributed by atoms with Crippen LogP contribution >= 0.6 is 11.8 Å². The van der Waals surface area contributed by atoms with E-state index in [-0.39, 0.29) is 23.8 Å². The van der Waals surface area contributed by atoms with Gasteiger partial charge in [0.1, 0.15) is 16.4 Å². The second-order valence-corrected chi connectivity index (χ2v) is 5.66. The van der Waals surface area contributed by atoms with E-state index < -0.39 is 5.97 Å². The van der Waals surface area contributed by atoms with Gasteiger partial charge in [-0.3, -0.25) is 4.79 Å². The zero-order chi connectivity index (χ0) is 15.4. The molecule has 1 aliphatic rings. The fourth-order valence-electron chi connectivity index (χ4n) is 1.78. The number of nitrogens with zero attached hydrogens (tertiary/aromatic N) is 2. The summed E-state index contributed by atoms with van der Waals surface area (Å²) in [5, 5.41) is 12.1. The van der Waals surface area contributed by atoms with Crippen molar-refractivity contribution in [2.24, 2.45) is 0 Å². The van der Waals surface area contributed by atoms with Crippen molar-refractivity contribution in [3.05, 3.63) is 17.1 Å². The molecule has 6 nitrogen and oxygen atoms in total. The summed E-state index contributed by atoms with van der Waals surface area (Å²) in [7, 11) is 0. The van der Waals surface area contributed by atoms with Crippen molar-refractivity contribution in [3.63, 3.8) is 0 Å². The van der Waals surface area contributed by atoms with Crippen LogP contribution in [0.5, 0.6) is 0 Å². The topological polar surface area (TPSA) is 92.2 Å². The number of thioether (sulfide) groups is 1. The van der Waals surface area contributed by atoms with Crippen molar-refractivity contribution in [3.8, 4) is 12.3 Å². The summed E-state index contributed by atoms with van der Waals surface area (Å²) >= 11 is 1.09. The number of aromatic carboxylic acids is 1. The number of amides is 1. The monoisotopic (exact) mass is 305 g/mol. The van der Waals surface area contributed by atoms with Gasteiger partial charge in [-0.2, -0.15) is 0 Å². The van der Waals surface area contributed by atoms with Crippen LogP contribution in [0.25, 0.3) is 0 Å². The number of rotatable bonds is 6. The third-order valence-corrected chi connectivity index (χ3v) is 3.93. The molecule has 2 N–H and O–H groups in total. The van der Waals surface area contributed by atoms with Gasteiger partial charge in [0.25, 0.3) is 0 Å².